The van der Waals surface area contributed by atoms with Crippen LogP contribution in [0.5, 0.6) is 0 Å². The van der Waals surface area contributed by atoms with Gasteiger partial charge in [-0.1, -0.05) is 22.9 Å². The van der Waals surface area contributed by atoms with Crippen molar-refractivity contribution in [1.29, 1.82) is 0 Å². The lowest BCUT2D eigenvalue weighted by Crippen LogP contribution is -2.38. The lowest BCUT2D eigenvalue weighted by Gasteiger charge is -2.30. The van der Waals surface area contributed by atoms with Crippen molar-refractivity contribution in [3.63, 3.8) is 0 Å². The van der Waals surface area contributed by atoms with Gasteiger partial charge in [0.05, 0.1) is 0 Å². The first-order valence-electron chi connectivity index (χ1n) is 9.56. The third kappa shape index (κ3) is 4.11. The van der Waals surface area contributed by atoms with Gasteiger partial charge in [0.15, 0.2) is 5.82 Å². The summed E-state index contributed by atoms with van der Waals surface area (Å²) in [6, 6.07) is 7.91. The summed E-state index contributed by atoms with van der Waals surface area (Å²) in [6.45, 7) is 5.24. The van der Waals surface area contributed by atoms with Crippen LogP contribution in [0.25, 0.3) is 11.5 Å². The fraction of sp³-hybridized carbons (Fsp3) is 0.450. The number of likely N-dealkylation sites (tertiary alicyclic amines) is 1. The molecule has 0 spiro atoms. The topological polar surface area (TPSA) is 98.2 Å². The van der Waals surface area contributed by atoms with E-state index in [0.29, 0.717) is 49.4 Å². The molecule has 4 rings (SSSR count). The van der Waals surface area contributed by atoms with E-state index in [-0.39, 0.29) is 11.8 Å². The lowest BCUT2D eigenvalue weighted by molar-refractivity contribution is -0.132. The fourth-order valence-corrected chi connectivity index (χ4v) is 3.39. The van der Waals surface area contributed by atoms with Crippen LogP contribution in [0.4, 0.5) is 0 Å². The molecule has 3 aromatic rings. The van der Waals surface area contributed by atoms with Crippen molar-refractivity contribution >= 4 is 5.91 Å². The standard InChI is InChI=1S/C20H23N5O3/c1-13-3-5-15(6-4-13)20-23-22-17(27-20)7-8-18(26)25-11-9-16(10-12-25)19-21-14(2)24-28-19/h3-6,16H,7-12H2,1-2H3. The number of aryl methyl sites for hydroxylation is 3. The van der Waals surface area contributed by atoms with E-state index in [1.165, 1.54) is 5.56 Å². The zero-order chi connectivity index (χ0) is 19.5. The van der Waals surface area contributed by atoms with E-state index in [9.17, 15) is 4.79 Å². The Bertz CT molecular complexity index is 939. The summed E-state index contributed by atoms with van der Waals surface area (Å²) in [4.78, 5) is 18.7. The second-order valence-corrected chi connectivity index (χ2v) is 7.20. The molecule has 0 atom stereocenters. The number of nitrogens with zero attached hydrogens (tertiary/aromatic N) is 5. The predicted octanol–water partition coefficient (Wildman–Crippen LogP) is 3.08. The van der Waals surface area contributed by atoms with Gasteiger partial charge in [-0.25, -0.2) is 0 Å². The molecular weight excluding hydrogens is 358 g/mol. The molecule has 8 nitrogen and oxygen atoms in total. The van der Waals surface area contributed by atoms with Crippen molar-refractivity contribution in [3.05, 3.63) is 47.4 Å². The normalized spacial score (nSPS) is 15.1. The van der Waals surface area contributed by atoms with Crippen LogP contribution in [0.15, 0.2) is 33.2 Å². The summed E-state index contributed by atoms with van der Waals surface area (Å²) < 4.78 is 11.0. The maximum atomic E-state index is 12.5. The van der Waals surface area contributed by atoms with Gasteiger partial charge in [0.1, 0.15) is 0 Å². The molecule has 1 aliphatic rings. The zero-order valence-electron chi connectivity index (χ0n) is 16.1. The summed E-state index contributed by atoms with van der Waals surface area (Å²) in [5, 5.41) is 12.0. The number of carbonyl (C=O) groups excluding carboxylic acids is 1. The van der Waals surface area contributed by atoms with E-state index in [4.69, 9.17) is 8.94 Å². The van der Waals surface area contributed by atoms with Crippen molar-refractivity contribution in [2.75, 3.05) is 13.1 Å². The van der Waals surface area contributed by atoms with Gasteiger partial charge in [-0.05, 0) is 38.8 Å². The average molecular weight is 381 g/mol. The Morgan fingerprint density at radius 2 is 1.89 bits per heavy atom. The molecule has 1 aliphatic heterocycles. The molecule has 0 saturated carbocycles. The van der Waals surface area contributed by atoms with Crippen molar-refractivity contribution < 1.29 is 13.7 Å². The van der Waals surface area contributed by atoms with Gasteiger partial charge in [-0.3, -0.25) is 4.79 Å². The number of amides is 1. The van der Waals surface area contributed by atoms with Gasteiger partial charge in [0, 0.05) is 37.4 Å². The number of piperidine rings is 1. The van der Waals surface area contributed by atoms with E-state index in [1.807, 2.05) is 43.0 Å². The third-order valence-corrected chi connectivity index (χ3v) is 5.06. The summed E-state index contributed by atoms with van der Waals surface area (Å²) >= 11 is 0. The Balaban J connectivity index is 1.27. The van der Waals surface area contributed by atoms with Crippen LogP contribution in [-0.2, 0) is 11.2 Å². The summed E-state index contributed by atoms with van der Waals surface area (Å²) in [5.74, 6) is 2.64. The largest absolute Gasteiger partial charge is 0.421 e. The molecule has 1 amide bonds. The Morgan fingerprint density at radius 3 is 2.57 bits per heavy atom. The molecule has 0 bridgehead atoms. The number of carbonyl (C=O) groups is 1. The van der Waals surface area contributed by atoms with Gasteiger partial charge in [0.25, 0.3) is 0 Å². The first-order valence-corrected chi connectivity index (χ1v) is 9.56. The Morgan fingerprint density at radius 1 is 1.14 bits per heavy atom. The predicted molar refractivity (Wildman–Crippen MR) is 100 cm³/mol. The lowest BCUT2D eigenvalue weighted by atomic mass is 9.96. The number of hydrogen-bond acceptors (Lipinski definition) is 7. The number of benzene rings is 1. The Labute approximate surface area is 162 Å². The minimum Gasteiger partial charge on any atom is -0.421 e. The Hall–Kier alpha value is -3.03. The van der Waals surface area contributed by atoms with Gasteiger partial charge in [-0.15, -0.1) is 10.2 Å². The second-order valence-electron chi connectivity index (χ2n) is 7.20. The monoisotopic (exact) mass is 381 g/mol. The van der Waals surface area contributed by atoms with Crippen molar-refractivity contribution in [2.24, 2.45) is 0 Å². The highest BCUT2D eigenvalue weighted by atomic mass is 16.5. The highest BCUT2D eigenvalue weighted by Crippen LogP contribution is 2.27. The van der Waals surface area contributed by atoms with E-state index in [1.54, 1.807) is 0 Å². The van der Waals surface area contributed by atoms with E-state index in [2.05, 4.69) is 20.3 Å². The molecule has 0 aliphatic carbocycles. The molecule has 1 aromatic carbocycles. The number of rotatable bonds is 5. The number of hydrogen-bond donors (Lipinski definition) is 0. The minimum atomic E-state index is 0.107. The Kier molecular flexibility index (Phi) is 5.18. The molecule has 0 radical (unpaired) electrons. The molecule has 28 heavy (non-hydrogen) atoms. The van der Waals surface area contributed by atoms with E-state index in [0.717, 1.165) is 18.4 Å². The number of aromatic nitrogens is 4. The molecule has 0 unspecified atom stereocenters. The van der Waals surface area contributed by atoms with Crippen LogP contribution in [-0.4, -0.2) is 44.2 Å². The van der Waals surface area contributed by atoms with Crippen molar-refractivity contribution in [3.8, 4) is 11.5 Å². The molecular formula is C20H23N5O3. The van der Waals surface area contributed by atoms with Gasteiger partial charge in [0.2, 0.25) is 23.6 Å². The molecule has 2 aromatic heterocycles. The van der Waals surface area contributed by atoms with Gasteiger partial charge < -0.3 is 13.8 Å². The first-order chi connectivity index (χ1) is 13.6. The van der Waals surface area contributed by atoms with Crippen molar-refractivity contribution in [2.45, 2.75) is 45.4 Å². The third-order valence-electron chi connectivity index (χ3n) is 5.06. The van der Waals surface area contributed by atoms with Crippen LogP contribution in [0, 0.1) is 13.8 Å². The zero-order valence-corrected chi connectivity index (χ0v) is 16.1. The molecule has 3 heterocycles. The summed E-state index contributed by atoms with van der Waals surface area (Å²) in [6.07, 6.45) is 2.48. The molecule has 1 saturated heterocycles. The molecule has 8 heteroatoms. The van der Waals surface area contributed by atoms with Gasteiger partial charge in [-0.2, -0.15) is 4.98 Å². The van der Waals surface area contributed by atoms with E-state index < -0.39 is 0 Å². The first kappa shape index (κ1) is 18.3. The van der Waals surface area contributed by atoms with Crippen LogP contribution >= 0.6 is 0 Å². The molecule has 146 valence electrons. The quantitative estimate of drug-likeness (QED) is 0.670. The van der Waals surface area contributed by atoms with Crippen LogP contribution in [0.3, 0.4) is 0 Å². The van der Waals surface area contributed by atoms with E-state index >= 15 is 0 Å². The van der Waals surface area contributed by atoms with Gasteiger partial charge >= 0.3 is 0 Å². The smallest absolute Gasteiger partial charge is 0.247 e. The fourth-order valence-electron chi connectivity index (χ4n) is 3.39. The average Bonchev–Trinajstić information content (AvgIpc) is 3.36. The summed E-state index contributed by atoms with van der Waals surface area (Å²) in [7, 11) is 0. The highest BCUT2D eigenvalue weighted by Gasteiger charge is 2.27. The van der Waals surface area contributed by atoms with Crippen molar-refractivity contribution in [1.82, 2.24) is 25.2 Å². The second kappa shape index (κ2) is 7.92. The minimum absolute atomic E-state index is 0.107. The van der Waals surface area contributed by atoms with Crippen LogP contribution in [0.2, 0.25) is 0 Å². The molecule has 1 fully saturated rings. The van der Waals surface area contributed by atoms with Crippen LogP contribution in [0.1, 0.15) is 48.3 Å². The summed E-state index contributed by atoms with van der Waals surface area (Å²) in [5.41, 5.74) is 2.06. The maximum absolute atomic E-state index is 12.5. The molecule has 0 N–H and O–H groups in total. The van der Waals surface area contributed by atoms with Crippen LogP contribution < -0.4 is 0 Å². The highest BCUT2D eigenvalue weighted by molar-refractivity contribution is 5.76. The maximum Gasteiger partial charge on any atom is 0.247 e. The SMILES string of the molecule is Cc1ccc(-c2nnc(CCC(=O)N3CCC(c4nc(C)no4)CC3)o2)cc1.